The van der Waals surface area contributed by atoms with Gasteiger partial charge in [0, 0.05) is 16.8 Å². The van der Waals surface area contributed by atoms with Gasteiger partial charge in [0.25, 0.3) is 0 Å². The first-order valence-electron chi connectivity index (χ1n) is 0.516. The molecule has 5 heteroatoms. The van der Waals surface area contributed by atoms with Gasteiger partial charge in [0.15, 0.2) is 0 Å². The Kier molecular flexibility index (Phi) is 8.36. The van der Waals surface area contributed by atoms with Crippen molar-refractivity contribution in [1.82, 2.24) is 0 Å². The second-order valence-corrected chi connectivity index (χ2v) is 0.651. The average molecular weight is 140 g/mol. The first kappa shape index (κ1) is 9.13. The number of hydrogen-bond donors (Lipinski definition) is 1. The van der Waals surface area contributed by atoms with Crippen LogP contribution < -0.4 is 0 Å². The molecule has 35 valence electrons. The van der Waals surface area contributed by atoms with E-state index in [9.17, 15) is 0 Å². The summed E-state index contributed by atoms with van der Waals surface area (Å²) in [5.74, 6) is 0. The smallest absolute Gasteiger partial charge is 0.0814 e. The SMILES string of the molecule is O=S([O-])O.[Co]. The Labute approximate surface area is 42.1 Å². The minimum Gasteiger partial charge on any atom is -0.750 e. The average Bonchev–Trinajstić information content (AvgIpc) is 0.811. The number of rotatable bonds is 0. The van der Waals surface area contributed by atoms with Gasteiger partial charge in [-0.25, -0.2) is 4.21 Å². The van der Waals surface area contributed by atoms with Gasteiger partial charge in [0.05, 0.1) is 11.4 Å². The van der Waals surface area contributed by atoms with E-state index in [2.05, 4.69) is 0 Å². The summed E-state index contributed by atoms with van der Waals surface area (Å²) in [7, 11) is 0. The zero-order chi connectivity index (χ0) is 3.58. The normalized spacial score (nSPS) is 12.4. The molecule has 0 amide bonds. The van der Waals surface area contributed by atoms with Crippen LogP contribution in [-0.2, 0) is 28.1 Å². The van der Waals surface area contributed by atoms with Gasteiger partial charge >= 0.3 is 0 Å². The van der Waals surface area contributed by atoms with Crippen molar-refractivity contribution in [2.45, 2.75) is 0 Å². The Hall–Kier alpha value is 0.576. The third-order valence-corrected chi connectivity index (χ3v) is 0. The van der Waals surface area contributed by atoms with Gasteiger partial charge in [-0.15, -0.1) is 0 Å². The van der Waals surface area contributed by atoms with Crippen molar-refractivity contribution in [3.63, 3.8) is 0 Å². The Bertz CT molecular complexity index is 29.9. The Balaban J connectivity index is 0. The molecule has 0 spiro atoms. The van der Waals surface area contributed by atoms with Crippen molar-refractivity contribution >= 4 is 11.4 Å². The summed E-state index contributed by atoms with van der Waals surface area (Å²) < 4.78 is 24.1. The van der Waals surface area contributed by atoms with E-state index in [4.69, 9.17) is 13.3 Å². The fourth-order valence-corrected chi connectivity index (χ4v) is 0. The van der Waals surface area contributed by atoms with E-state index in [0.29, 0.717) is 0 Å². The summed E-state index contributed by atoms with van der Waals surface area (Å²) >= 11 is -2.86. The minimum absolute atomic E-state index is 0. The van der Waals surface area contributed by atoms with Crippen LogP contribution in [0.3, 0.4) is 0 Å². The van der Waals surface area contributed by atoms with Crippen molar-refractivity contribution < 1.29 is 30.1 Å². The fraction of sp³-hybridized carbons (Fsp3) is 0. The van der Waals surface area contributed by atoms with Crippen LogP contribution >= 0.6 is 0 Å². The van der Waals surface area contributed by atoms with Crippen LogP contribution in [0, 0.1) is 0 Å². The topological polar surface area (TPSA) is 60.4 Å². The van der Waals surface area contributed by atoms with Crippen LogP contribution in [0.5, 0.6) is 0 Å². The second-order valence-electron chi connectivity index (χ2n) is 0.217. The van der Waals surface area contributed by atoms with Crippen LogP contribution in [0.25, 0.3) is 0 Å². The van der Waals surface area contributed by atoms with Crippen molar-refractivity contribution in [1.29, 1.82) is 0 Å². The maximum absolute atomic E-state index is 8.56. The maximum Gasteiger partial charge on any atom is 0.0814 e. The molecule has 1 N–H and O–H groups in total. The second kappa shape index (κ2) is 4.58. The van der Waals surface area contributed by atoms with E-state index < -0.39 is 11.4 Å². The van der Waals surface area contributed by atoms with Crippen molar-refractivity contribution in [3.8, 4) is 0 Å². The molecule has 0 heterocycles. The predicted molar refractivity (Wildman–Crippen MR) is 11.5 cm³/mol. The Morgan fingerprint density at radius 1 is 1.80 bits per heavy atom. The van der Waals surface area contributed by atoms with Crippen LogP contribution in [-0.4, -0.2) is 13.3 Å². The summed E-state index contributed by atoms with van der Waals surface area (Å²) in [5.41, 5.74) is 0. The van der Waals surface area contributed by atoms with Gasteiger partial charge in [-0.05, 0) is 0 Å². The molecule has 0 fully saturated rings. The molecule has 0 rings (SSSR count). The zero-order valence-corrected chi connectivity index (χ0v) is 3.86. The first-order chi connectivity index (χ1) is 1.73. The van der Waals surface area contributed by atoms with Crippen molar-refractivity contribution in [3.05, 3.63) is 0 Å². The van der Waals surface area contributed by atoms with E-state index in [-0.39, 0.29) is 16.8 Å². The summed E-state index contributed by atoms with van der Waals surface area (Å²) in [6.45, 7) is 0. The third-order valence-electron chi connectivity index (χ3n) is 0. The van der Waals surface area contributed by atoms with E-state index in [1.165, 1.54) is 0 Å². The van der Waals surface area contributed by atoms with Crippen molar-refractivity contribution in [2.75, 3.05) is 0 Å². The molecule has 1 unspecified atom stereocenters. The Morgan fingerprint density at radius 3 is 1.80 bits per heavy atom. The third kappa shape index (κ3) is 91.4. The predicted octanol–water partition coefficient (Wildman–Crippen LogP) is -0.664. The molecule has 1 atom stereocenters. The van der Waals surface area contributed by atoms with E-state index >= 15 is 0 Å². The molecule has 0 aliphatic heterocycles. The van der Waals surface area contributed by atoms with E-state index in [0.717, 1.165) is 0 Å². The molecular weight excluding hydrogens is 139 g/mol. The molecule has 0 aliphatic carbocycles. The molecular formula is HCoO3S-. The van der Waals surface area contributed by atoms with Gasteiger partial charge in [0.1, 0.15) is 0 Å². The summed E-state index contributed by atoms with van der Waals surface area (Å²) in [4.78, 5) is 0. The van der Waals surface area contributed by atoms with Crippen LogP contribution in [0.15, 0.2) is 0 Å². The number of hydrogen-bond acceptors (Lipinski definition) is 2. The van der Waals surface area contributed by atoms with Gasteiger partial charge < -0.3 is 9.11 Å². The zero-order valence-electron chi connectivity index (χ0n) is 2.01. The summed E-state index contributed by atoms with van der Waals surface area (Å²) in [6.07, 6.45) is 0. The first-order valence-corrected chi connectivity index (χ1v) is 1.55. The standard InChI is InChI=1S/Co.H2O3S/c;1-4(2)3/h;(H2,1,2,3)/p-1. The van der Waals surface area contributed by atoms with E-state index in [1.807, 2.05) is 0 Å². The monoisotopic (exact) mass is 140 g/mol. The fourth-order valence-electron chi connectivity index (χ4n) is 0. The van der Waals surface area contributed by atoms with Gasteiger partial charge in [-0.2, -0.15) is 0 Å². The molecule has 0 saturated carbocycles. The molecule has 0 aromatic rings. The van der Waals surface area contributed by atoms with Crippen LogP contribution in [0.2, 0.25) is 0 Å². The van der Waals surface area contributed by atoms with Crippen LogP contribution in [0.4, 0.5) is 0 Å². The molecule has 1 radical (unpaired) electrons. The van der Waals surface area contributed by atoms with Crippen LogP contribution in [0.1, 0.15) is 0 Å². The Morgan fingerprint density at radius 2 is 1.80 bits per heavy atom. The van der Waals surface area contributed by atoms with Gasteiger partial charge in [-0.3, -0.25) is 0 Å². The molecule has 0 aromatic heterocycles. The largest absolute Gasteiger partial charge is 0.750 e. The van der Waals surface area contributed by atoms with Crippen molar-refractivity contribution in [2.24, 2.45) is 0 Å². The molecule has 0 aromatic carbocycles. The molecule has 0 bridgehead atoms. The molecule has 5 heavy (non-hydrogen) atoms. The molecule has 3 nitrogen and oxygen atoms in total. The van der Waals surface area contributed by atoms with Gasteiger partial charge in [0.2, 0.25) is 0 Å². The molecule has 0 aliphatic rings. The van der Waals surface area contributed by atoms with E-state index in [1.54, 1.807) is 0 Å². The summed E-state index contributed by atoms with van der Waals surface area (Å²) in [5, 5.41) is 0. The summed E-state index contributed by atoms with van der Waals surface area (Å²) in [6, 6.07) is 0. The quantitative estimate of drug-likeness (QED) is 0.454. The minimum atomic E-state index is -2.86. The molecule has 0 saturated heterocycles. The maximum atomic E-state index is 8.56. The van der Waals surface area contributed by atoms with Gasteiger partial charge in [-0.1, -0.05) is 0 Å².